The maximum atomic E-state index is 12.5. The van der Waals surface area contributed by atoms with E-state index in [9.17, 15) is 14.7 Å². The topological polar surface area (TPSA) is 99.0 Å². The number of aryl methyl sites for hydroxylation is 1. The van der Waals surface area contributed by atoms with Gasteiger partial charge in [0.25, 0.3) is 0 Å². The standard InChI is InChI=1S/C22H24ClN5O3/c23-14-5-6-18-17(13-14)25-22(31)28(18)15-7-11-26(12-8-15)9-2-10-27-20-16(24-21(27)30)3-1-4-19(20)29/h1,3-6,13,15,29H,2,7-12H2,(H,24,30)(H,25,31). The van der Waals surface area contributed by atoms with Gasteiger partial charge in [0.15, 0.2) is 0 Å². The van der Waals surface area contributed by atoms with Crippen LogP contribution in [0, 0.1) is 0 Å². The van der Waals surface area contributed by atoms with Gasteiger partial charge in [-0.15, -0.1) is 0 Å². The summed E-state index contributed by atoms with van der Waals surface area (Å²) in [6.07, 6.45) is 2.59. The fraction of sp³-hybridized carbons (Fsp3) is 0.364. The third-order valence-corrected chi connectivity index (χ3v) is 6.46. The van der Waals surface area contributed by atoms with Gasteiger partial charge in [-0.3, -0.25) is 9.13 Å². The van der Waals surface area contributed by atoms with Gasteiger partial charge in [-0.2, -0.15) is 0 Å². The molecule has 0 atom stereocenters. The molecule has 0 radical (unpaired) electrons. The van der Waals surface area contributed by atoms with Gasteiger partial charge < -0.3 is 20.0 Å². The number of H-pyrrole nitrogens is 2. The number of hydrogen-bond donors (Lipinski definition) is 3. The van der Waals surface area contributed by atoms with Crippen LogP contribution in [0.2, 0.25) is 5.02 Å². The fourth-order valence-corrected chi connectivity index (χ4v) is 4.90. The molecule has 162 valence electrons. The van der Waals surface area contributed by atoms with Gasteiger partial charge in [-0.25, -0.2) is 9.59 Å². The van der Waals surface area contributed by atoms with Gasteiger partial charge >= 0.3 is 11.4 Å². The average Bonchev–Trinajstić information content (AvgIpc) is 3.24. The lowest BCUT2D eigenvalue weighted by Gasteiger charge is -2.32. The molecule has 1 fully saturated rings. The van der Waals surface area contributed by atoms with Crippen molar-refractivity contribution in [2.75, 3.05) is 19.6 Å². The minimum Gasteiger partial charge on any atom is -0.506 e. The van der Waals surface area contributed by atoms with Gasteiger partial charge in [-0.1, -0.05) is 17.7 Å². The van der Waals surface area contributed by atoms with Crippen molar-refractivity contribution in [2.45, 2.75) is 31.8 Å². The Balaban J connectivity index is 1.22. The van der Waals surface area contributed by atoms with Crippen LogP contribution in [0.4, 0.5) is 0 Å². The summed E-state index contributed by atoms with van der Waals surface area (Å²) in [5, 5.41) is 10.7. The van der Waals surface area contributed by atoms with Crippen molar-refractivity contribution >= 4 is 33.7 Å². The number of aromatic amines is 2. The molecule has 3 N–H and O–H groups in total. The highest BCUT2D eigenvalue weighted by molar-refractivity contribution is 6.31. The monoisotopic (exact) mass is 441 g/mol. The molecule has 1 aliphatic heterocycles. The first-order valence-corrected chi connectivity index (χ1v) is 10.9. The molecule has 1 saturated heterocycles. The second-order valence-electron chi connectivity index (χ2n) is 8.14. The highest BCUT2D eigenvalue weighted by Crippen LogP contribution is 2.26. The summed E-state index contributed by atoms with van der Waals surface area (Å²) < 4.78 is 3.46. The molecule has 1 aliphatic rings. The number of para-hydroxylation sites is 1. The van der Waals surface area contributed by atoms with E-state index in [-0.39, 0.29) is 23.2 Å². The van der Waals surface area contributed by atoms with Gasteiger partial charge in [-0.05, 0) is 56.1 Å². The van der Waals surface area contributed by atoms with E-state index in [2.05, 4.69) is 14.9 Å². The molecule has 0 amide bonds. The summed E-state index contributed by atoms with van der Waals surface area (Å²) in [4.78, 5) is 32.8. The number of hydrogen-bond acceptors (Lipinski definition) is 4. The number of phenolic OH excluding ortho intramolecular Hbond substituents is 1. The van der Waals surface area contributed by atoms with Crippen LogP contribution >= 0.6 is 11.6 Å². The van der Waals surface area contributed by atoms with Crippen LogP contribution in [-0.4, -0.2) is 48.7 Å². The summed E-state index contributed by atoms with van der Waals surface area (Å²) in [5.74, 6) is 0.113. The van der Waals surface area contributed by atoms with Crippen LogP contribution < -0.4 is 11.4 Å². The lowest BCUT2D eigenvalue weighted by atomic mass is 10.0. The third-order valence-electron chi connectivity index (χ3n) is 6.23. The van der Waals surface area contributed by atoms with Gasteiger partial charge in [0.1, 0.15) is 11.3 Å². The number of phenols is 1. The quantitative estimate of drug-likeness (QED) is 0.443. The van der Waals surface area contributed by atoms with Crippen LogP contribution in [-0.2, 0) is 6.54 Å². The minimum atomic E-state index is -0.200. The number of likely N-dealkylation sites (tertiary alicyclic amines) is 1. The number of piperidine rings is 1. The Morgan fingerprint density at radius 2 is 1.77 bits per heavy atom. The molecule has 2 aromatic heterocycles. The van der Waals surface area contributed by atoms with E-state index in [1.165, 1.54) is 0 Å². The number of rotatable bonds is 5. The van der Waals surface area contributed by atoms with Crippen LogP contribution in [0.25, 0.3) is 22.1 Å². The molecule has 8 nitrogen and oxygen atoms in total. The van der Waals surface area contributed by atoms with E-state index in [1.54, 1.807) is 28.8 Å². The van der Waals surface area contributed by atoms with E-state index < -0.39 is 0 Å². The fourth-order valence-electron chi connectivity index (χ4n) is 4.73. The average molecular weight is 442 g/mol. The number of benzene rings is 2. The summed E-state index contributed by atoms with van der Waals surface area (Å²) in [7, 11) is 0. The second-order valence-corrected chi connectivity index (χ2v) is 8.58. The highest BCUT2D eigenvalue weighted by atomic mass is 35.5. The predicted octanol–water partition coefficient (Wildman–Crippen LogP) is 3.06. The van der Waals surface area contributed by atoms with Gasteiger partial charge in [0.05, 0.1) is 16.6 Å². The summed E-state index contributed by atoms with van der Waals surface area (Å²) >= 11 is 6.05. The minimum absolute atomic E-state index is 0.0887. The second kappa shape index (κ2) is 7.94. The number of nitrogens with zero attached hydrogens (tertiary/aromatic N) is 3. The molecular weight excluding hydrogens is 418 g/mol. The summed E-state index contributed by atoms with van der Waals surface area (Å²) in [6, 6.07) is 10.8. The van der Waals surface area contributed by atoms with Crippen LogP contribution in [0.5, 0.6) is 5.75 Å². The maximum Gasteiger partial charge on any atom is 0.326 e. The molecule has 0 saturated carbocycles. The molecule has 0 aliphatic carbocycles. The number of imidazole rings is 2. The zero-order chi connectivity index (χ0) is 21.5. The summed E-state index contributed by atoms with van der Waals surface area (Å²) in [5.41, 5.74) is 2.59. The lowest BCUT2D eigenvalue weighted by Crippen LogP contribution is -2.37. The van der Waals surface area contributed by atoms with E-state index in [0.717, 1.165) is 49.9 Å². The molecule has 31 heavy (non-hydrogen) atoms. The normalized spacial score (nSPS) is 15.9. The number of halogens is 1. The van der Waals surface area contributed by atoms with Crippen molar-refractivity contribution < 1.29 is 5.11 Å². The van der Waals surface area contributed by atoms with E-state index in [4.69, 9.17) is 11.6 Å². The Morgan fingerprint density at radius 1 is 1.00 bits per heavy atom. The van der Waals surface area contributed by atoms with Crippen LogP contribution in [0.15, 0.2) is 46.0 Å². The highest BCUT2D eigenvalue weighted by Gasteiger charge is 2.23. The molecule has 2 aromatic carbocycles. The Bertz CT molecular complexity index is 1360. The molecule has 3 heterocycles. The van der Waals surface area contributed by atoms with Crippen LogP contribution in [0.1, 0.15) is 25.3 Å². The largest absolute Gasteiger partial charge is 0.506 e. The van der Waals surface area contributed by atoms with Crippen molar-refractivity contribution in [1.82, 2.24) is 24.0 Å². The number of aromatic nitrogens is 4. The molecule has 0 bridgehead atoms. The first-order valence-electron chi connectivity index (χ1n) is 10.5. The number of nitrogens with one attached hydrogen (secondary N) is 2. The van der Waals surface area contributed by atoms with Crippen molar-refractivity contribution in [3.8, 4) is 5.75 Å². The SMILES string of the molecule is O=c1[nH]c2cccc(O)c2n1CCCN1CCC(n2c(=O)[nH]c3cc(Cl)ccc32)CC1. The molecule has 9 heteroatoms. The Morgan fingerprint density at radius 3 is 2.58 bits per heavy atom. The van der Waals surface area contributed by atoms with E-state index in [0.29, 0.717) is 22.6 Å². The van der Waals surface area contributed by atoms with Gasteiger partial charge in [0, 0.05) is 30.7 Å². The lowest BCUT2D eigenvalue weighted by molar-refractivity contribution is 0.183. The maximum absolute atomic E-state index is 12.5. The predicted molar refractivity (Wildman–Crippen MR) is 121 cm³/mol. The third kappa shape index (κ3) is 3.66. The van der Waals surface area contributed by atoms with Crippen molar-refractivity contribution in [3.05, 3.63) is 62.4 Å². The Kier molecular flexibility index (Phi) is 5.11. The Labute approximate surface area is 182 Å². The zero-order valence-corrected chi connectivity index (χ0v) is 17.7. The number of aromatic hydroxyl groups is 1. The number of fused-ring (bicyclic) bond motifs is 2. The molecule has 5 rings (SSSR count). The van der Waals surface area contributed by atoms with Crippen molar-refractivity contribution in [1.29, 1.82) is 0 Å². The van der Waals surface area contributed by atoms with Crippen molar-refractivity contribution in [2.24, 2.45) is 0 Å². The molecule has 4 aromatic rings. The molecule has 0 spiro atoms. The van der Waals surface area contributed by atoms with Crippen molar-refractivity contribution in [3.63, 3.8) is 0 Å². The zero-order valence-electron chi connectivity index (χ0n) is 17.0. The molecule has 0 unspecified atom stereocenters. The molecular formula is C22H24ClN5O3. The summed E-state index contributed by atoms with van der Waals surface area (Å²) in [6.45, 7) is 3.19. The van der Waals surface area contributed by atoms with E-state index in [1.807, 2.05) is 16.7 Å². The first-order chi connectivity index (χ1) is 15.0. The smallest absolute Gasteiger partial charge is 0.326 e. The first kappa shape index (κ1) is 20.0. The Hall–Kier alpha value is -2.97. The van der Waals surface area contributed by atoms with E-state index >= 15 is 0 Å². The van der Waals surface area contributed by atoms with Crippen LogP contribution in [0.3, 0.4) is 0 Å². The van der Waals surface area contributed by atoms with Gasteiger partial charge in [0.2, 0.25) is 0 Å².